The van der Waals surface area contributed by atoms with Gasteiger partial charge in [0.05, 0.1) is 17.1 Å². The summed E-state index contributed by atoms with van der Waals surface area (Å²) in [6.07, 6.45) is 0. The zero-order chi connectivity index (χ0) is 27.5. The zero-order valence-electron chi connectivity index (χ0n) is 20.9. The molecule has 6 rings (SSSR count). The molecule has 40 heavy (non-hydrogen) atoms. The Bertz CT molecular complexity index is 1500. The second-order valence-electron chi connectivity index (χ2n) is 9.10. The fourth-order valence-electron chi connectivity index (χ4n) is 4.17. The van der Waals surface area contributed by atoms with Gasteiger partial charge in [0.15, 0.2) is 0 Å². The summed E-state index contributed by atoms with van der Waals surface area (Å²) in [7, 11) is 0. The van der Waals surface area contributed by atoms with Gasteiger partial charge in [-0.25, -0.2) is 28.1 Å². The molecule has 0 radical (unpaired) electrons. The highest BCUT2D eigenvalue weighted by Crippen LogP contribution is 2.29. The molecule has 6 aromatic rings. The SMILES string of the molecule is Fc1ccc(-c2nc(CN(Cc3csc(-c4ccc(F)cc4)n3)Cc3csc(-c4ccc(F)cc4)n3)cs2)cc1. The maximum atomic E-state index is 13.4. The minimum Gasteiger partial charge on any atom is -0.286 e. The predicted molar refractivity (Wildman–Crippen MR) is 155 cm³/mol. The molecule has 0 aliphatic heterocycles. The van der Waals surface area contributed by atoms with Crippen molar-refractivity contribution in [1.29, 1.82) is 0 Å². The molecule has 0 atom stereocenters. The molecule has 0 fully saturated rings. The van der Waals surface area contributed by atoms with Gasteiger partial charge in [-0.15, -0.1) is 34.0 Å². The van der Waals surface area contributed by atoms with Crippen LogP contribution in [-0.4, -0.2) is 19.9 Å². The van der Waals surface area contributed by atoms with E-state index in [1.807, 2.05) is 16.1 Å². The molecule has 0 unspecified atom stereocenters. The monoisotopic (exact) mass is 590 g/mol. The number of hydrogen-bond donors (Lipinski definition) is 0. The average Bonchev–Trinajstić information content (AvgIpc) is 3.72. The number of thiazole rings is 3. The summed E-state index contributed by atoms with van der Waals surface area (Å²) < 4.78 is 40.1. The Balaban J connectivity index is 1.23. The molecule has 0 bridgehead atoms. The highest BCUT2D eigenvalue weighted by Gasteiger charge is 2.16. The maximum Gasteiger partial charge on any atom is 0.123 e. The molecule has 0 N–H and O–H groups in total. The lowest BCUT2D eigenvalue weighted by atomic mass is 10.2. The van der Waals surface area contributed by atoms with Crippen molar-refractivity contribution in [3.8, 4) is 31.7 Å². The van der Waals surface area contributed by atoms with E-state index in [0.29, 0.717) is 19.6 Å². The van der Waals surface area contributed by atoms with Gasteiger partial charge in [0.25, 0.3) is 0 Å². The van der Waals surface area contributed by atoms with Crippen molar-refractivity contribution >= 4 is 34.0 Å². The molecule has 4 nitrogen and oxygen atoms in total. The van der Waals surface area contributed by atoms with Crippen molar-refractivity contribution in [2.24, 2.45) is 0 Å². The molecule has 0 saturated heterocycles. The van der Waals surface area contributed by atoms with Crippen molar-refractivity contribution in [2.45, 2.75) is 19.6 Å². The van der Waals surface area contributed by atoms with Crippen LogP contribution in [0.3, 0.4) is 0 Å². The molecule has 10 heteroatoms. The second kappa shape index (κ2) is 11.8. The summed E-state index contributed by atoms with van der Waals surface area (Å²) >= 11 is 4.56. The highest BCUT2D eigenvalue weighted by molar-refractivity contribution is 7.13. The minimum absolute atomic E-state index is 0.279. The molecule has 3 aromatic heterocycles. The third-order valence-corrected chi connectivity index (χ3v) is 8.91. The lowest BCUT2D eigenvalue weighted by Gasteiger charge is -2.19. The zero-order valence-corrected chi connectivity index (χ0v) is 23.4. The van der Waals surface area contributed by atoms with Gasteiger partial charge in [-0.3, -0.25) is 4.90 Å². The van der Waals surface area contributed by atoms with Crippen LogP contribution in [-0.2, 0) is 19.6 Å². The van der Waals surface area contributed by atoms with Gasteiger partial charge >= 0.3 is 0 Å². The minimum atomic E-state index is -0.279. The fourth-order valence-corrected chi connectivity index (χ4v) is 6.62. The van der Waals surface area contributed by atoms with Crippen LogP contribution < -0.4 is 0 Å². The van der Waals surface area contributed by atoms with E-state index in [1.165, 1.54) is 70.4 Å². The molecule has 0 amide bonds. The molecule has 3 aromatic carbocycles. The Morgan fingerprint density at radius 1 is 0.450 bits per heavy atom. The van der Waals surface area contributed by atoms with Crippen LogP contribution in [0.4, 0.5) is 13.2 Å². The standard InChI is InChI=1S/C30H21F3N4S3/c31-22-7-1-19(2-8-22)28-34-25(16-38-28)13-37(14-26-17-39-29(35-26)20-3-9-23(32)10-4-20)15-27-18-40-30(36-27)21-5-11-24(33)12-6-21/h1-12,16-18H,13-15H2. The Labute approximate surface area is 241 Å². The van der Waals surface area contributed by atoms with Crippen LogP contribution >= 0.6 is 34.0 Å². The highest BCUT2D eigenvalue weighted by atomic mass is 32.1. The Morgan fingerprint density at radius 3 is 1.00 bits per heavy atom. The van der Waals surface area contributed by atoms with Gasteiger partial charge in [0.2, 0.25) is 0 Å². The Hall–Kier alpha value is -3.70. The Kier molecular flexibility index (Phi) is 7.83. The first-order valence-electron chi connectivity index (χ1n) is 12.3. The maximum absolute atomic E-state index is 13.4. The lowest BCUT2D eigenvalue weighted by Crippen LogP contribution is -2.23. The largest absolute Gasteiger partial charge is 0.286 e. The van der Waals surface area contributed by atoms with Gasteiger partial charge in [-0.05, 0) is 72.8 Å². The first-order valence-corrected chi connectivity index (χ1v) is 15.0. The fraction of sp³-hybridized carbons (Fsp3) is 0.100. The van der Waals surface area contributed by atoms with Crippen LogP contribution in [0.25, 0.3) is 31.7 Å². The summed E-state index contributed by atoms with van der Waals surface area (Å²) in [5.74, 6) is -0.838. The van der Waals surface area contributed by atoms with Gasteiger partial charge in [0.1, 0.15) is 32.5 Å². The number of benzene rings is 3. The summed E-state index contributed by atoms with van der Waals surface area (Å²) in [4.78, 5) is 16.6. The number of hydrogen-bond acceptors (Lipinski definition) is 7. The van der Waals surface area contributed by atoms with Crippen molar-refractivity contribution in [1.82, 2.24) is 19.9 Å². The van der Waals surface area contributed by atoms with Gasteiger partial charge in [-0.1, -0.05) is 0 Å². The normalized spacial score (nSPS) is 11.4. The van der Waals surface area contributed by atoms with Crippen LogP contribution in [0.2, 0.25) is 0 Å². The first kappa shape index (κ1) is 26.5. The predicted octanol–water partition coefficient (Wildman–Crippen LogP) is 8.68. The van der Waals surface area contributed by atoms with E-state index in [0.717, 1.165) is 48.8 Å². The molecule has 0 saturated carbocycles. The first-order chi connectivity index (χ1) is 19.5. The molecular formula is C30H21F3N4S3. The number of halogens is 3. The van der Waals surface area contributed by atoms with Gasteiger partial charge in [-0.2, -0.15) is 0 Å². The van der Waals surface area contributed by atoms with E-state index < -0.39 is 0 Å². The van der Waals surface area contributed by atoms with Crippen molar-refractivity contribution in [3.05, 3.63) is 123 Å². The van der Waals surface area contributed by atoms with Crippen LogP contribution in [0, 0.1) is 17.5 Å². The van der Waals surface area contributed by atoms with E-state index in [9.17, 15) is 13.2 Å². The molecule has 200 valence electrons. The topological polar surface area (TPSA) is 41.9 Å². The summed E-state index contributed by atoms with van der Waals surface area (Å²) in [5.41, 5.74) is 5.30. The third-order valence-electron chi connectivity index (χ3n) is 6.09. The quantitative estimate of drug-likeness (QED) is 0.169. The van der Waals surface area contributed by atoms with Crippen LogP contribution in [0.5, 0.6) is 0 Å². The lowest BCUT2D eigenvalue weighted by molar-refractivity contribution is 0.240. The van der Waals surface area contributed by atoms with E-state index in [1.54, 1.807) is 36.4 Å². The molecule has 0 aliphatic rings. The number of aromatic nitrogens is 3. The Morgan fingerprint density at radius 2 is 0.725 bits per heavy atom. The van der Waals surface area contributed by atoms with E-state index in [2.05, 4.69) is 4.90 Å². The van der Waals surface area contributed by atoms with Gasteiger partial charge < -0.3 is 0 Å². The molecule has 0 aliphatic carbocycles. The smallest absolute Gasteiger partial charge is 0.123 e. The molecule has 3 heterocycles. The van der Waals surface area contributed by atoms with Crippen LogP contribution in [0.15, 0.2) is 88.9 Å². The second-order valence-corrected chi connectivity index (χ2v) is 11.7. The summed E-state index contributed by atoms with van der Waals surface area (Å²) in [6.45, 7) is 1.68. The van der Waals surface area contributed by atoms with Crippen molar-refractivity contribution in [2.75, 3.05) is 0 Å². The van der Waals surface area contributed by atoms with E-state index in [4.69, 9.17) is 15.0 Å². The summed E-state index contributed by atoms with van der Waals surface area (Å²) in [6, 6.07) is 19.0. The number of rotatable bonds is 9. The average molecular weight is 591 g/mol. The van der Waals surface area contributed by atoms with Crippen molar-refractivity contribution in [3.63, 3.8) is 0 Å². The van der Waals surface area contributed by atoms with Crippen LogP contribution in [0.1, 0.15) is 17.1 Å². The van der Waals surface area contributed by atoms with Crippen molar-refractivity contribution < 1.29 is 13.2 Å². The van der Waals surface area contributed by atoms with Gasteiger partial charge in [0, 0.05) is 52.5 Å². The summed E-state index contributed by atoms with van der Waals surface area (Å²) in [5, 5.41) is 8.53. The van der Waals surface area contributed by atoms with E-state index in [-0.39, 0.29) is 17.5 Å². The molecular weight excluding hydrogens is 570 g/mol. The van der Waals surface area contributed by atoms with E-state index >= 15 is 0 Å². The number of nitrogens with zero attached hydrogens (tertiary/aromatic N) is 4. The molecule has 0 spiro atoms. The third kappa shape index (κ3) is 6.37.